The quantitative estimate of drug-likeness (QED) is 0.0546. The molecule has 20 heteroatoms. The van der Waals surface area contributed by atoms with Crippen molar-refractivity contribution in [2.75, 3.05) is 5.73 Å². The number of rotatable bonds is 11. The Kier molecular flexibility index (Phi) is 9.04. The third kappa shape index (κ3) is 6.72. The van der Waals surface area contributed by atoms with E-state index in [1.54, 1.807) is 12.1 Å². The van der Waals surface area contributed by atoms with E-state index in [0.717, 1.165) is 36.2 Å². The minimum Gasteiger partial charge on any atom is -0.485 e. The van der Waals surface area contributed by atoms with Crippen LogP contribution in [0.1, 0.15) is 63.3 Å². The number of carboxylic acid groups (broad SMARTS) is 1. The number of nitrogens with one attached hydrogen (secondary N) is 3. The Labute approximate surface area is 290 Å². The Morgan fingerprint density at radius 2 is 1.98 bits per heavy atom. The van der Waals surface area contributed by atoms with Crippen LogP contribution in [0.2, 0.25) is 0 Å². The van der Waals surface area contributed by atoms with Crippen LogP contribution in [-0.4, -0.2) is 92.8 Å². The number of aromatic nitrogens is 1. The van der Waals surface area contributed by atoms with E-state index < -0.39 is 57.2 Å². The van der Waals surface area contributed by atoms with E-state index in [-0.39, 0.29) is 29.3 Å². The highest BCUT2D eigenvalue weighted by molar-refractivity contribution is 7.80. The lowest BCUT2D eigenvalue weighted by Crippen LogP contribution is -2.76. The Bertz CT molecular complexity index is 1880. The van der Waals surface area contributed by atoms with Gasteiger partial charge < -0.3 is 36.8 Å². The molecule has 1 saturated heterocycles. The zero-order valence-corrected chi connectivity index (χ0v) is 28.9. The SMILES string of the molecule is CC(O/N=C(\C(=O)N[C@@H]1C(=O)N(OS(=O)(=O)O)C1(C)C)c1csc(N)n1)(C(=O)O)[C@H]1CCc2cc(C(=N)N[C@@H]3CC[C@H](N)[C@H]4C[C@H]43)ccc2O1. The largest absolute Gasteiger partial charge is 0.485 e. The first-order chi connectivity index (χ1) is 23.4. The van der Waals surface area contributed by atoms with Crippen molar-refractivity contribution in [1.82, 2.24) is 20.7 Å². The molecule has 2 amide bonds. The van der Waals surface area contributed by atoms with Crippen molar-refractivity contribution in [2.45, 2.75) is 88.2 Å². The summed E-state index contributed by atoms with van der Waals surface area (Å²) in [5.41, 5.74) is 9.25. The molecule has 1 aromatic heterocycles. The summed E-state index contributed by atoms with van der Waals surface area (Å²) in [5, 5.41) is 30.5. The van der Waals surface area contributed by atoms with Gasteiger partial charge in [-0.05, 0) is 88.5 Å². The van der Waals surface area contributed by atoms with Crippen molar-refractivity contribution >= 4 is 56.2 Å². The van der Waals surface area contributed by atoms with Gasteiger partial charge in [-0.2, -0.15) is 13.5 Å². The van der Waals surface area contributed by atoms with Gasteiger partial charge >= 0.3 is 16.4 Å². The lowest BCUT2D eigenvalue weighted by atomic mass is 9.84. The number of oxime groups is 1. The number of fused-ring (bicyclic) bond motifs is 2. The summed E-state index contributed by atoms with van der Waals surface area (Å²) in [6, 6.07) is 4.36. The lowest BCUT2D eigenvalue weighted by Gasteiger charge is -2.50. The molecule has 1 unspecified atom stereocenters. The molecule has 0 radical (unpaired) electrons. The first kappa shape index (κ1) is 35.5. The maximum atomic E-state index is 13.5. The molecule has 0 bridgehead atoms. The zero-order valence-electron chi connectivity index (χ0n) is 27.3. The van der Waals surface area contributed by atoms with Crippen LogP contribution >= 0.6 is 11.3 Å². The smallest absolute Gasteiger partial charge is 0.418 e. The third-order valence-electron chi connectivity index (χ3n) is 9.86. The van der Waals surface area contributed by atoms with Gasteiger partial charge in [0.15, 0.2) is 16.9 Å². The minimum absolute atomic E-state index is 0.0591. The number of amides is 2. The molecular formula is C30H38N8O10S2. The Morgan fingerprint density at radius 3 is 2.62 bits per heavy atom. The van der Waals surface area contributed by atoms with Gasteiger partial charge in [0.05, 0.1) is 5.54 Å². The molecule has 270 valence electrons. The number of carbonyl (C=O) groups is 3. The lowest BCUT2D eigenvalue weighted by molar-refractivity contribution is -0.218. The number of nitrogen functional groups attached to an aromatic ring is 1. The fourth-order valence-corrected chi connectivity index (χ4v) is 7.77. The highest BCUT2D eigenvalue weighted by atomic mass is 32.3. The van der Waals surface area contributed by atoms with E-state index in [1.807, 2.05) is 6.07 Å². The second kappa shape index (κ2) is 12.7. The molecule has 3 heterocycles. The number of thiazole rings is 1. The number of hydrogen-bond acceptors (Lipinski definition) is 14. The number of nitrogens with two attached hydrogens (primary N) is 2. The van der Waals surface area contributed by atoms with Gasteiger partial charge in [-0.3, -0.25) is 19.6 Å². The van der Waals surface area contributed by atoms with Crippen LogP contribution in [0.3, 0.4) is 0 Å². The van der Waals surface area contributed by atoms with Gasteiger partial charge in [-0.1, -0.05) is 5.16 Å². The monoisotopic (exact) mass is 734 g/mol. The fourth-order valence-electron chi connectivity index (χ4n) is 6.77. The molecule has 4 aliphatic rings. The van der Waals surface area contributed by atoms with Gasteiger partial charge in [-0.15, -0.1) is 15.6 Å². The standard InChI is InChI=1S/C30H38N8O10S2/c1-29(2)23(26(40)38(29)48-50(43,44)45)36-25(39)22(19-12-49-28(33)35-19)37-47-30(3,27(41)42)21-9-5-13-10-14(4-8-20(13)46-21)24(32)34-18-7-6-17(31)15-11-16(15)18/h4,8,10,12,15-18,21,23H,5-7,9,11,31H2,1-3H3,(H2,32,34)(H2,33,35)(H,36,39)(H,41,42)(H,43,44,45)/b37-22-/t15-,16+,17-,18+,21+,23+,30?/m0/s1. The van der Waals surface area contributed by atoms with Crippen LogP contribution in [-0.2, 0) is 40.3 Å². The molecule has 2 aromatic rings. The number of carbonyl (C=O) groups excluding carboxylic acids is 2. The van der Waals surface area contributed by atoms with Gasteiger partial charge in [0.25, 0.3) is 17.4 Å². The molecule has 2 saturated carbocycles. The highest BCUT2D eigenvalue weighted by Gasteiger charge is 2.58. The summed E-state index contributed by atoms with van der Waals surface area (Å²) in [6.07, 6.45) is 2.45. The summed E-state index contributed by atoms with van der Waals surface area (Å²) in [6.45, 7) is 3.99. The van der Waals surface area contributed by atoms with Crippen molar-refractivity contribution in [3.63, 3.8) is 0 Å². The zero-order chi connectivity index (χ0) is 36.3. The van der Waals surface area contributed by atoms with Crippen LogP contribution in [0.5, 0.6) is 5.75 Å². The number of aliphatic carboxylic acids is 1. The summed E-state index contributed by atoms with van der Waals surface area (Å²) in [4.78, 5) is 48.4. The average Bonchev–Trinajstić information content (AvgIpc) is 3.77. The number of hydroxylamine groups is 2. The molecule has 6 rings (SSSR count). The predicted octanol–water partition coefficient (Wildman–Crippen LogP) is 0.564. The van der Waals surface area contributed by atoms with E-state index in [9.17, 15) is 27.9 Å². The molecule has 50 heavy (non-hydrogen) atoms. The first-order valence-electron chi connectivity index (χ1n) is 15.8. The van der Waals surface area contributed by atoms with Crippen molar-refractivity contribution in [3.05, 3.63) is 40.4 Å². The Hall–Kier alpha value is -4.37. The number of aryl methyl sites for hydroxylation is 1. The number of anilines is 1. The second-order valence-corrected chi connectivity index (χ2v) is 15.5. The molecule has 1 aromatic carbocycles. The topological polar surface area (TPSA) is 282 Å². The number of amidine groups is 1. The van der Waals surface area contributed by atoms with Gasteiger partial charge in [-0.25, -0.2) is 9.78 Å². The summed E-state index contributed by atoms with van der Waals surface area (Å²) in [5.74, 6) is -1.73. The molecule has 2 aliphatic carbocycles. The number of hydrogen-bond donors (Lipinski definition) is 7. The molecule has 9 N–H and O–H groups in total. The highest BCUT2D eigenvalue weighted by Crippen LogP contribution is 2.49. The maximum absolute atomic E-state index is 13.5. The summed E-state index contributed by atoms with van der Waals surface area (Å²) in [7, 11) is -5.03. The van der Waals surface area contributed by atoms with Gasteiger partial charge in [0.2, 0.25) is 0 Å². The average molecular weight is 735 g/mol. The molecule has 2 aliphatic heterocycles. The minimum atomic E-state index is -5.03. The van der Waals surface area contributed by atoms with Crippen molar-refractivity contribution in [2.24, 2.45) is 22.7 Å². The van der Waals surface area contributed by atoms with E-state index in [0.29, 0.717) is 40.5 Å². The number of ether oxygens (including phenoxy) is 1. The number of nitrogens with zero attached hydrogens (tertiary/aromatic N) is 3. The fraction of sp³-hybridized carbons (Fsp3) is 0.533. The molecular weight excluding hydrogens is 697 g/mol. The van der Waals surface area contributed by atoms with Crippen molar-refractivity contribution < 1.29 is 46.3 Å². The second-order valence-electron chi connectivity index (χ2n) is 13.6. The van der Waals surface area contributed by atoms with Crippen molar-refractivity contribution in [3.8, 4) is 5.75 Å². The van der Waals surface area contributed by atoms with E-state index in [4.69, 9.17) is 31.0 Å². The van der Waals surface area contributed by atoms with Crippen LogP contribution < -0.4 is 26.8 Å². The normalized spacial score (nSPS) is 28.1. The Morgan fingerprint density at radius 1 is 1.24 bits per heavy atom. The van der Waals surface area contributed by atoms with Crippen molar-refractivity contribution in [1.29, 1.82) is 5.41 Å². The van der Waals surface area contributed by atoms with Gasteiger partial charge in [0, 0.05) is 23.0 Å². The van der Waals surface area contributed by atoms with Crippen LogP contribution in [0.25, 0.3) is 0 Å². The van der Waals surface area contributed by atoms with Crippen LogP contribution in [0, 0.1) is 17.2 Å². The number of benzene rings is 1. The summed E-state index contributed by atoms with van der Waals surface area (Å²) >= 11 is 0.966. The van der Waals surface area contributed by atoms with Crippen LogP contribution in [0.4, 0.5) is 5.13 Å². The third-order valence-corrected chi connectivity index (χ3v) is 10.9. The number of β-lactam (4-membered cyclic amide) rings is 1. The van der Waals surface area contributed by atoms with E-state index >= 15 is 0 Å². The molecule has 7 atom stereocenters. The number of carboxylic acids is 1. The van der Waals surface area contributed by atoms with Gasteiger partial charge in [0.1, 0.15) is 23.3 Å². The molecule has 0 spiro atoms. The molecule has 18 nitrogen and oxygen atoms in total. The van der Waals surface area contributed by atoms with E-state index in [2.05, 4.69) is 25.1 Å². The molecule has 3 fully saturated rings. The Balaban J connectivity index is 1.17. The summed E-state index contributed by atoms with van der Waals surface area (Å²) < 4.78 is 41.8. The van der Waals surface area contributed by atoms with Crippen LogP contribution in [0.15, 0.2) is 28.7 Å². The predicted molar refractivity (Wildman–Crippen MR) is 177 cm³/mol. The van der Waals surface area contributed by atoms with E-state index in [1.165, 1.54) is 26.2 Å². The first-order valence-corrected chi connectivity index (χ1v) is 18.1. The maximum Gasteiger partial charge on any atom is 0.418 e.